The first-order valence-electron chi connectivity index (χ1n) is 8.01. The van der Waals surface area contributed by atoms with Crippen LogP contribution in [-0.4, -0.2) is 35.8 Å². The molecule has 3 heterocycles. The molecule has 1 aromatic carbocycles. The Labute approximate surface area is 139 Å². The number of nitrogens with zero attached hydrogens (tertiary/aromatic N) is 3. The second-order valence-electron chi connectivity index (χ2n) is 5.74. The van der Waals surface area contributed by atoms with Gasteiger partial charge in [0, 0.05) is 18.0 Å². The zero-order valence-corrected chi connectivity index (χ0v) is 13.9. The molecule has 1 aliphatic heterocycles. The van der Waals surface area contributed by atoms with Crippen molar-refractivity contribution in [2.75, 3.05) is 24.6 Å². The van der Waals surface area contributed by atoms with E-state index in [2.05, 4.69) is 52.1 Å². The highest BCUT2D eigenvalue weighted by molar-refractivity contribution is 7.21. The third-order valence-corrected chi connectivity index (χ3v) is 5.35. The van der Waals surface area contributed by atoms with Crippen LogP contribution in [0.15, 0.2) is 42.7 Å². The smallest absolute Gasteiger partial charge is 0.140 e. The van der Waals surface area contributed by atoms with E-state index in [-0.39, 0.29) is 0 Å². The molecule has 0 spiro atoms. The molecule has 1 unspecified atom stereocenters. The second kappa shape index (κ2) is 6.26. The molecule has 1 aliphatic rings. The number of morpholine rings is 1. The number of ether oxygens (including phenoxy) is 1. The highest BCUT2D eigenvalue weighted by atomic mass is 32.1. The maximum absolute atomic E-state index is 5.78. The number of thiophene rings is 1. The largest absolute Gasteiger partial charge is 0.375 e. The van der Waals surface area contributed by atoms with Gasteiger partial charge < -0.3 is 9.64 Å². The Balaban J connectivity index is 1.74. The van der Waals surface area contributed by atoms with Crippen molar-refractivity contribution in [1.82, 2.24) is 9.97 Å². The molecule has 0 radical (unpaired) electrons. The number of aromatic nitrogens is 2. The summed E-state index contributed by atoms with van der Waals surface area (Å²) in [7, 11) is 0. The number of anilines is 1. The molecule has 0 bridgehead atoms. The summed E-state index contributed by atoms with van der Waals surface area (Å²) in [5, 5.41) is 1.15. The Bertz CT molecular complexity index is 802. The van der Waals surface area contributed by atoms with E-state index in [4.69, 9.17) is 4.74 Å². The molecule has 5 heteroatoms. The van der Waals surface area contributed by atoms with Gasteiger partial charge in [0.05, 0.1) is 18.1 Å². The van der Waals surface area contributed by atoms with Crippen molar-refractivity contribution >= 4 is 27.4 Å². The summed E-state index contributed by atoms with van der Waals surface area (Å²) in [6.07, 6.45) is 3.00. The van der Waals surface area contributed by atoms with Crippen LogP contribution in [-0.2, 0) is 4.74 Å². The van der Waals surface area contributed by atoms with Crippen LogP contribution in [0.2, 0.25) is 0 Å². The molecule has 1 saturated heterocycles. The molecule has 3 aromatic rings. The summed E-state index contributed by atoms with van der Waals surface area (Å²) in [6.45, 7) is 4.72. The third kappa shape index (κ3) is 2.82. The normalized spacial score (nSPS) is 18.5. The highest BCUT2D eigenvalue weighted by Crippen LogP contribution is 2.36. The van der Waals surface area contributed by atoms with E-state index in [1.165, 1.54) is 10.4 Å². The Hall–Kier alpha value is -1.98. The maximum Gasteiger partial charge on any atom is 0.140 e. The number of hydrogen-bond acceptors (Lipinski definition) is 5. The first-order chi connectivity index (χ1) is 11.3. The summed E-state index contributed by atoms with van der Waals surface area (Å²) in [6, 6.07) is 12.7. The van der Waals surface area contributed by atoms with E-state index in [1.54, 1.807) is 17.7 Å². The fourth-order valence-corrected chi connectivity index (χ4v) is 4.00. The van der Waals surface area contributed by atoms with Gasteiger partial charge in [0.15, 0.2) is 0 Å². The fourth-order valence-electron chi connectivity index (χ4n) is 3.00. The van der Waals surface area contributed by atoms with Crippen LogP contribution in [0.3, 0.4) is 0 Å². The lowest BCUT2D eigenvalue weighted by molar-refractivity contribution is 0.0382. The molecule has 0 N–H and O–H groups in total. The number of rotatable bonds is 3. The molecule has 0 amide bonds. The van der Waals surface area contributed by atoms with Crippen LogP contribution in [0.25, 0.3) is 20.7 Å². The van der Waals surface area contributed by atoms with Crippen molar-refractivity contribution in [2.24, 2.45) is 0 Å². The fraction of sp³-hybridized carbons (Fsp3) is 0.333. The molecular weight excluding hydrogens is 306 g/mol. The summed E-state index contributed by atoms with van der Waals surface area (Å²) >= 11 is 1.73. The Morgan fingerprint density at radius 2 is 2.13 bits per heavy atom. The van der Waals surface area contributed by atoms with Gasteiger partial charge in [-0.3, -0.25) is 0 Å². The minimum atomic E-state index is 0.293. The average Bonchev–Trinajstić information content (AvgIpc) is 3.07. The summed E-state index contributed by atoms with van der Waals surface area (Å²) < 4.78 is 5.78. The minimum Gasteiger partial charge on any atom is -0.375 e. The maximum atomic E-state index is 5.78. The van der Waals surface area contributed by atoms with Crippen molar-refractivity contribution in [2.45, 2.75) is 19.4 Å². The lowest BCUT2D eigenvalue weighted by Crippen LogP contribution is -2.42. The van der Waals surface area contributed by atoms with E-state index >= 15 is 0 Å². The van der Waals surface area contributed by atoms with Gasteiger partial charge in [-0.25, -0.2) is 9.97 Å². The van der Waals surface area contributed by atoms with Gasteiger partial charge in [-0.15, -0.1) is 11.3 Å². The summed E-state index contributed by atoms with van der Waals surface area (Å²) in [5.74, 6) is 1.04. The van der Waals surface area contributed by atoms with Crippen molar-refractivity contribution in [1.29, 1.82) is 0 Å². The molecule has 0 aliphatic carbocycles. The van der Waals surface area contributed by atoms with Crippen LogP contribution in [0.5, 0.6) is 0 Å². The molecule has 1 atom stereocenters. The lowest BCUT2D eigenvalue weighted by Gasteiger charge is -2.33. The standard InChI is InChI=1S/C18H19N3OS/c1-2-14-11-21(8-9-22-14)17-15-10-16(13-6-4-3-5-7-13)23-18(15)20-12-19-17/h3-7,10,12,14H,2,8-9,11H2,1H3. The van der Waals surface area contributed by atoms with Gasteiger partial charge in [-0.05, 0) is 18.1 Å². The van der Waals surface area contributed by atoms with Crippen molar-refractivity contribution in [3.05, 3.63) is 42.7 Å². The van der Waals surface area contributed by atoms with Crippen LogP contribution in [0.1, 0.15) is 13.3 Å². The van der Waals surface area contributed by atoms with Gasteiger partial charge in [0.2, 0.25) is 0 Å². The number of benzene rings is 1. The van der Waals surface area contributed by atoms with E-state index in [0.717, 1.165) is 42.2 Å². The third-order valence-electron chi connectivity index (χ3n) is 4.26. The van der Waals surface area contributed by atoms with Crippen LogP contribution in [0, 0.1) is 0 Å². The molecular formula is C18H19N3OS. The predicted molar refractivity (Wildman–Crippen MR) is 95.1 cm³/mol. The van der Waals surface area contributed by atoms with E-state index in [1.807, 2.05) is 6.07 Å². The Kier molecular flexibility index (Phi) is 3.97. The molecule has 4 rings (SSSR count). The monoisotopic (exact) mass is 325 g/mol. The van der Waals surface area contributed by atoms with E-state index in [9.17, 15) is 0 Å². The first-order valence-corrected chi connectivity index (χ1v) is 8.83. The lowest BCUT2D eigenvalue weighted by atomic mass is 10.1. The topological polar surface area (TPSA) is 38.2 Å². The van der Waals surface area contributed by atoms with Crippen molar-refractivity contribution in [3.8, 4) is 10.4 Å². The SMILES string of the molecule is CCC1CN(c2ncnc3sc(-c4ccccc4)cc23)CCO1. The van der Waals surface area contributed by atoms with E-state index in [0.29, 0.717) is 6.10 Å². The molecule has 23 heavy (non-hydrogen) atoms. The summed E-state index contributed by atoms with van der Waals surface area (Å²) in [4.78, 5) is 13.7. The zero-order chi connectivity index (χ0) is 15.6. The van der Waals surface area contributed by atoms with Crippen LogP contribution in [0.4, 0.5) is 5.82 Å². The second-order valence-corrected chi connectivity index (χ2v) is 6.77. The molecule has 0 saturated carbocycles. The van der Waals surface area contributed by atoms with Crippen LogP contribution >= 0.6 is 11.3 Å². The molecule has 1 fully saturated rings. The minimum absolute atomic E-state index is 0.293. The van der Waals surface area contributed by atoms with Gasteiger partial charge in [-0.2, -0.15) is 0 Å². The average molecular weight is 325 g/mol. The van der Waals surface area contributed by atoms with Gasteiger partial charge in [0.1, 0.15) is 17.0 Å². The molecule has 2 aromatic heterocycles. The van der Waals surface area contributed by atoms with Gasteiger partial charge >= 0.3 is 0 Å². The van der Waals surface area contributed by atoms with Gasteiger partial charge in [-0.1, -0.05) is 37.3 Å². The first kappa shape index (κ1) is 14.6. The predicted octanol–water partition coefficient (Wildman–Crippen LogP) is 3.97. The zero-order valence-electron chi connectivity index (χ0n) is 13.1. The Morgan fingerprint density at radius 1 is 1.26 bits per heavy atom. The Morgan fingerprint density at radius 3 is 2.96 bits per heavy atom. The van der Waals surface area contributed by atoms with Gasteiger partial charge in [0.25, 0.3) is 0 Å². The molecule has 4 nitrogen and oxygen atoms in total. The quantitative estimate of drug-likeness (QED) is 0.730. The molecule has 118 valence electrons. The summed E-state index contributed by atoms with van der Waals surface area (Å²) in [5.41, 5.74) is 1.23. The highest BCUT2D eigenvalue weighted by Gasteiger charge is 2.22. The van der Waals surface area contributed by atoms with Crippen molar-refractivity contribution < 1.29 is 4.74 Å². The van der Waals surface area contributed by atoms with Crippen LogP contribution < -0.4 is 4.90 Å². The number of hydrogen-bond donors (Lipinski definition) is 0. The van der Waals surface area contributed by atoms with Crippen molar-refractivity contribution in [3.63, 3.8) is 0 Å². The van der Waals surface area contributed by atoms with E-state index < -0.39 is 0 Å². The number of fused-ring (bicyclic) bond motifs is 1.